The summed E-state index contributed by atoms with van der Waals surface area (Å²) in [6.45, 7) is 6.77. The van der Waals surface area contributed by atoms with Gasteiger partial charge < -0.3 is 20.2 Å². The summed E-state index contributed by atoms with van der Waals surface area (Å²) in [5.41, 5.74) is 10.7. The molecule has 1 saturated heterocycles. The summed E-state index contributed by atoms with van der Waals surface area (Å²) in [6.07, 6.45) is 2.01. The molecule has 0 radical (unpaired) electrons. The molecule has 126 valence electrons. The molecule has 0 spiro atoms. The number of nitrogens with two attached hydrogens (primary N) is 1. The van der Waals surface area contributed by atoms with E-state index in [2.05, 4.69) is 20.3 Å². The van der Waals surface area contributed by atoms with E-state index in [1.807, 2.05) is 32.1 Å². The molecule has 2 aromatic heterocycles. The van der Waals surface area contributed by atoms with Gasteiger partial charge in [-0.15, -0.1) is 5.48 Å². The van der Waals surface area contributed by atoms with Crippen molar-refractivity contribution >= 4 is 22.8 Å². The highest BCUT2D eigenvalue weighted by Gasteiger charge is 2.32. The number of hydrogen-bond acceptors (Lipinski definition) is 8. The van der Waals surface area contributed by atoms with Gasteiger partial charge in [-0.2, -0.15) is 4.98 Å². The Kier molecular flexibility index (Phi) is 3.50. The van der Waals surface area contributed by atoms with E-state index in [1.54, 1.807) is 0 Å². The van der Waals surface area contributed by atoms with Crippen molar-refractivity contribution in [1.29, 1.82) is 0 Å². The second-order valence-electron chi connectivity index (χ2n) is 6.23. The number of pyridine rings is 1. The molecule has 8 heteroatoms. The summed E-state index contributed by atoms with van der Waals surface area (Å²) in [4.78, 5) is 21.1. The predicted molar refractivity (Wildman–Crippen MR) is 90.1 cm³/mol. The van der Waals surface area contributed by atoms with Crippen LogP contribution in [0.3, 0.4) is 0 Å². The monoisotopic (exact) mass is 328 g/mol. The van der Waals surface area contributed by atoms with Crippen molar-refractivity contribution in [3.8, 4) is 0 Å². The molecule has 2 aromatic rings. The molecule has 2 aliphatic rings. The van der Waals surface area contributed by atoms with Crippen molar-refractivity contribution in [2.45, 2.75) is 19.4 Å². The van der Waals surface area contributed by atoms with Gasteiger partial charge in [-0.25, -0.2) is 9.97 Å². The normalized spacial score (nSPS) is 24.1. The largest absolute Gasteiger partial charge is 0.413 e. The second-order valence-corrected chi connectivity index (χ2v) is 6.23. The third kappa shape index (κ3) is 2.53. The number of fused-ring (bicyclic) bond motifs is 1. The maximum absolute atomic E-state index is 5.89. The molecule has 0 amide bonds. The minimum Gasteiger partial charge on any atom is -0.413 e. The average Bonchev–Trinajstić information content (AvgIpc) is 2.95. The van der Waals surface area contributed by atoms with Crippen LogP contribution in [0.25, 0.3) is 11.0 Å². The zero-order valence-electron chi connectivity index (χ0n) is 13.7. The Morgan fingerprint density at radius 3 is 2.71 bits per heavy atom. The Labute approximate surface area is 139 Å². The first-order chi connectivity index (χ1) is 11.5. The number of allylic oxidation sites excluding steroid dienone is 1. The van der Waals surface area contributed by atoms with E-state index in [0.717, 1.165) is 41.4 Å². The van der Waals surface area contributed by atoms with Gasteiger partial charge in [-0.1, -0.05) is 0 Å². The van der Waals surface area contributed by atoms with E-state index in [-0.39, 0.29) is 5.95 Å². The second kappa shape index (κ2) is 5.57. The van der Waals surface area contributed by atoms with Gasteiger partial charge in [0.2, 0.25) is 5.95 Å². The van der Waals surface area contributed by atoms with Crippen LogP contribution in [0.15, 0.2) is 24.0 Å². The van der Waals surface area contributed by atoms with Gasteiger partial charge in [0, 0.05) is 13.1 Å². The molecule has 8 nitrogen and oxygen atoms in total. The van der Waals surface area contributed by atoms with Crippen molar-refractivity contribution in [3.63, 3.8) is 0 Å². The van der Waals surface area contributed by atoms with Crippen LogP contribution in [-0.2, 0) is 15.1 Å². The van der Waals surface area contributed by atoms with E-state index in [4.69, 9.17) is 20.3 Å². The van der Waals surface area contributed by atoms with Crippen molar-refractivity contribution in [2.24, 2.45) is 0 Å². The topological polar surface area (TPSA) is 98.4 Å². The van der Waals surface area contributed by atoms with Crippen molar-refractivity contribution < 1.29 is 9.57 Å². The quantitative estimate of drug-likeness (QED) is 0.845. The molecule has 3 N–H and O–H groups in total. The van der Waals surface area contributed by atoms with Gasteiger partial charge in [0.05, 0.1) is 24.4 Å². The maximum atomic E-state index is 5.89. The number of aromatic nitrogens is 3. The van der Waals surface area contributed by atoms with Gasteiger partial charge in [-0.3, -0.25) is 0 Å². The van der Waals surface area contributed by atoms with E-state index >= 15 is 0 Å². The smallest absolute Gasteiger partial charge is 0.222 e. The van der Waals surface area contributed by atoms with Crippen LogP contribution < -0.4 is 16.1 Å². The number of hydroxylamine groups is 1. The average molecular weight is 328 g/mol. The van der Waals surface area contributed by atoms with Gasteiger partial charge >= 0.3 is 0 Å². The number of hydrogen-bond donors (Lipinski definition) is 2. The molecule has 0 aliphatic carbocycles. The summed E-state index contributed by atoms with van der Waals surface area (Å²) < 4.78 is 5.43. The van der Waals surface area contributed by atoms with Crippen molar-refractivity contribution in [1.82, 2.24) is 20.4 Å². The van der Waals surface area contributed by atoms with E-state index in [0.29, 0.717) is 13.2 Å². The molecular weight excluding hydrogens is 308 g/mol. The molecule has 0 bridgehead atoms. The third-order valence-corrected chi connectivity index (χ3v) is 4.30. The molecule has 4 rings (SSSR count). The van der Waals surface area contributed by atoms with Gasteiger partial charge in [0.1, 0.15) is 16.8 Å². The number of nitrogens with one attached hydrogen (secondary N) is 1. The Morgan fingerprint density at radius 1 is 1.21 bits per heavy atom. The number of anilines is 2. The minimum atomic E-state index is -0.484. The van der Waals surface area contributed by atoms with Crippen LogP contribution in [0.5, 0.6) is 0 Å². The van der Waals surface area contributed by atoms with Crippen molar-refractivity contribution in [3.05, 3.63) is 29.7 Å². The maximum Gasteiger partial charge on any atom is 0.222 e. The minimum absolute atomic E-state index is 0.253. The molecule has 1 atom stereocenters. The first-order valence-corrected chi connectivity index (χ1v) is 7.96. The number of rotatable bonds is 2. The van der Waals surface area contributed by atoms with Crippen LogP contribution in [0.1, 0.15) is 19.5 Å². The Balaban J connectivity index is 1.84. The van der Waals surface area contributed by atoms with Crippen LogP contribution in [0, 0.1) is 0 Å². The standard InChI is InChI=1S/C16H20N6O2/c1-10-9-16(2,21-24-10)12-4-3-11-13(19-12)14(20-15(17)18-11)22-5-7-23-8-6-22/h3-4,9,21H,5-8H2,1-2H3,(H2,17,18,20). The lowest BCUT2D eigenvalue weighted by Gasteiger charge is -2.28. The molecule has 2 aliphatic heterocycles. The Bertz CT molecular complexity index is 818. The molecular formula is C16H20N6O2. The highest BCUT2D eigenvalue weighted by atomic mass is 16.7. The fourth-order valence-corrected chi connectivity index (χ4v) is 3.08. The molecule has 24 heavy (non-hydrogen) atoms. The summed E-state index contributed by atoms with van der Waals surface area (Å²) in [7, 11) is 0. The first kappa shape index (κ1) is 15.1. The molecule has 0 aromatic carbocycles. The first-order valence-electron chi connectivity index (χ1n) is 7.96. The fraction of sp³-hybridized carbons (Fsp3) is 0.438. The third-order valence-electron chi connectivity index (χ3n) is 4.30. The summed E-state index contributed by atoms with van der Waals surface area (Å²) in [5, 5.41) is 0. The number of morpholine rings is 1. The van der Waals surface area contributed by atoms with Crippen LogP contribution in [-0.4, -0.2) is 41.3 Å². The van der Waals surface area contributed by atoms with Gasteiger partial charge in [0.25, 0.3) is 0 Å². The van der Waals surface area contributed by atoms with Crippen LogP contribution in [0.2, 0.25) is 0 Å². The molecule has 1 unspecified atom stereocenters. The number of ether oxygens (including phenoxy) is 1. The SMILES string of the molecule is CC1=CC(C)(c2ccc3nc(N)nc(N4CCOCC4)c3n2)NO1. The van der Waals surface area contributed by atoms with Crippen LogP contribution in [0.4, 0.5) is 11.8 Å². The molecule has 4 heterocycles. The van der Waals surface area contributed by atoms with Gasteiger partial charge in [0.15, 0.2) is 5.82 Å². The Morgan fingerprint density at radius 2 is 2.00 bits per heavy atom. The van der Waals surface area contributed by atoms with E-state index in [1.165, 1.54) is 0 Å². The zero-order valence-corrected chi connectivity index (χ0v) is 13.7. The fourth-order valence-electron chi connectivity index (χ4n) is 3.08. The van der Waals surface area contributed by atoms with E-state index in [9.17, 15) is 0 Å². The highest BCUT2D eigenvalue weighted by Crippen LogP contribution is 2.31. The summed E-state index contributed by atoms with van der Waals surface area (Å²) >= 11 is 0. The number of nitrogen functional groups attached to an aromatic ring is 1. The van der Waals surface area contributed by atoms with Gasteiger partial charge in [-0.05, 0) is 32.1 Å². The lowest BCUT2D eigenvalue weighted by atomic mass is 9.97. The summed E-state index contributed by atoms with van der Waals surface area (Å²) in [6, 6.07) is 3.86. The Hall–Kier alpha value is -2.45. The molecule has 0 saturated carbocycles. The number of nitrogens with zero attached hydrogens (tertiary/aromatic N) is 4. The van der Waals surface area contributed by atoms with Crippen LogP contribution >= 0.6 is 0 Å². The van der Waals surface area contributed by atoms with Crippen molar-refractivity contribution in [2.75, 3.05) is 36.9 Å². The zero-order chi connectivity index (χ0) is 16.7. The van der Waals surface area contributed by atoms with E-state index < -0.39 is 5.54 Å². The molecule has 1 fully saturated rings. The highest BCUT2D eigenvalue weighted by molar-refractivity contribution is 5.87. The summed E-state index contributed by atoms with van der Waals surface area (Å²) in [5.74, 6) is 1.83. The predicted octanol–water partition coefficient (Wildman–Crippen LogP) is 1.10. The lowest BCUT2D eigenvalue weighted by molar-refractivity contribution is 0.0839. The lowest BCUT2D eigenvalue weighted by Crippen LogP contribution is -2.37.